The van der Waals surface area contributed by atoms with Gasteiger partial charge in [0.25, 0.3) is 0 Å². The van der Waals surface area contributed by atoms with Crippen LogP contribution in [-0.4, -0.2) is 33.4 Å². The third-order valence-corrected chi connectivity index (χ3v) is 7.31. The molecule has 0 saturated heterocycles. The standard InChI is InChI=1S/C20H23N3OS2/c1-14(16-4-6-20-19(12-16)22-13-25-20)23-9-7-15-3-5-18(26(2,21)24)11-17(15)8-10-23/h3-6,11-14,21H,7-10H2,1-2H3/t14-,26-/m1/s1. The Morgan fingerprint density at radius 1 is 1.15 bits per heavy atom. The second kappa shape index (κ2) is 6.76. The minimum atomic E-state index is -2.66. The van der Waals surface area contributed by atoms with Crippen molar-refractivity contribution in [3.8, 4) is 0 Å². The lowest BCUT2D eigenvalue weighted by Crippen LogP contribution is -2.29. The number of nitrogens with one attached hydrogen (secondary N) is 1. The van der Waals surface area contributed by atoms with E-state index in [0.29, 0.717) is 10.9 Å². The van der Waals surface area contributed by atoms with Gasteiger partial charge in [-0.25, -0.2) is 14.0 Å². The Kier molecular flexibility index (Phi) is 4.59. The van der Waals surface area contributed by atoms with Gasteiger partial charge in [-0.1, -0.05) is 12.1 Å². The van der Waals surface area contributed by atoms with Crippen molar-refractivity contribution in [2.75, 3.05) is 19.3 Å². The average molecular weight is 386 g/mol. The molecule has 1 aromatic heterocycles. The smallest absolute Gasteiger partial charge is 0.0815 e. The van der Waals surface area contributed by atoms with Crippen molar-refractivity contribution in [3.63, 3.8) is 0 Å². The molecule has 1 N–H and O–H groups in total. The third-order valence-electron chi connectivity index (χ3n) is 5.35. The van der Waals surface area contributed by atoms with Crippen LogP contribution in [0.5, 0.6) is 0 Å². The maximum atomic E-state index is 12.1. The van der Waals surface area contributed by atoms with Crippen LogP contribution in [0.3, 0.4) is 0 Å². The number of fused-ring (bicyclic) bond motifs is 2. The number of hydrogen-bond acceptors (Lipinski definition) is 5. The van der Waals surface area contributed by atoms with E-state index in [1.165, 1.54) is 27.6 Å². The third kappa shape index (κ3) is 3.41. The highest BCUT2D eigenvalue weighted by molar-refractivity contribution is 7.91. The molecule has 0 unspecified atom stereocenters. The molecule has 0 amide bonds. The highest BCUT2D eigenvalue weighted by Crippen LogP contribution is 2.28. The number of benzene rings is 2. The van der Waals surface area contributed by atoms with Gasteiger partial charge in [-0.15, -0.1) is 11.3 Å². The van der Waals surface area contributed by atoms with Crippen molar-refractivity contribution in [3.05, 3.63) is 58.6 Å². The van der Waals surface area contributed by atoms with Crippen molar-refractivity contribution in [1.29, 1.82) is 4.78 Å². The Morgan fingerprint density at radius 2 is 1.92 bits per heavy atom. The van der Waals surface area contributed by atoms with Crippen molar-refractivity contribution in [2.24, 2.45) is 0 Å². The molecule has 4 nitrogen and oxygen atoms in total. The Balaban J connectivity index is 1.56. The van der Waals surface area contributed by atoms with Crippen LogP contribution in [0, 0.1) is 4.78 Å². The predicted molar refractivity (Wildman–Crippen MR) is 109 cm³/mol. The van der Waals surface area contributed by atoms with E-state index in [9.17, 15) is 4.21 Å². The summed E-state index contributed by atoms with van der Waals surface area (Å²) in [6.07, 6.45) is 3.41. The lowest BCUT2D eigenvalue weighted by molar-refractivity contribution is 0.221. The van der Waals surface area contributed by atoms with Gasteiger partial charge in [0.15, 0.2) is 0 Å². The van der Waals surface area contributed by atoms with Gasteiger partial charge in [0.2, 0.25) is 0 Å². The molecule has 4 rings (SSSR count). The maximum Gasteiger partial charge on any atom is 0.0815 e. The van der Waals surface area contributed by atoms with E-state index >= 15 is 0 Å². The summed E-state index contributed by atoms with van der Waals surface area (Å²) in [7, 11) is -2.66. The van der Waals surface area contributed by atoms with Crippen molar-refractivity contribution in [1.82, 2.24) is 9.88 Å². The van der Waals surface area contributed by atoms with E-state index in [1.807, 2.05) is 17.6 Å². The highest BCUT2D eigenvalue weighted by Gasteiger charge is 2.21. The molecule has 0 bridgehead atoms. The molecule has 0 saturated carbocycles. The van der Waals surface area contributed by atoms with Gasteiger partial charge >= 0.3 is 0 Å². The molecule has 136 valence electrons. The lowest BCUT2D eigenvalue weighted by Gasteiger charge is -2.28. The van der Waals surface area contributed by atoms with Crippen LogP contribution in [0.2, 0.25) is 0 Å². The van der Waals surface area contributed by atoms with Crippen LogP contribution in [0.1, 0.15) is 29.7 Å². The first-order valence-electron chi connectivity index (χ1n) is 8.84. The van der Waals surface area contributed by atoms with Gasteiger partial charge in [0.05, 0.1) is 25.5 Å². The number of nitrogens with zero attached hydrogens (tertiary/aromatic N) is 2. The van der Waals surface area contributed by atoms with Crippen LogP contribution >= 0.6 is 11.3 Å². The van der Waals surface area contributed by atoms with E-state index in [-0.39, 0.29) is 0 Å². The van der Waals surface area contributed by atoms with Gasteiger partial charge in [-0.3, -0.25) is 4.90 Å². The average Bonchev–Trinajstić information content (AvgIpc) is 2.98. The molecule has 1 aliphatic rings. The SMILES string of the molecule is C[C@H](c1ccc2scnc2c1)N1CCc2ccc([S@](C)(=N)=O)cc2CC1. The normalized spacial score (nSPS) is 18.8. The van der Waals surface area contributed by atoms with Gasteiger partial charge in [-0.05, 0) is 60.7 Å². The quantitative estimate of drug-likeness (QED) is 0.722. The Bertz CT molecular complexity index is 1060. The minimum Gasteiger partial charge on any atom is -0.296 e. The Hall–Kier alpha value is -1.76. The molecule has 3 aromatic rings. The van der Waals surface area contributed by atoms with Crippen molar-refractivity contribution in [2.45, 2.75) is 30.7 Å². The van der Waals surface area contributed by atoms with E-state index in [4.69, 9.17) is 4.78 Å². The fourth-order valence-corrected chi connectivity index (χ4v) is 5.05. The van der Waals surface area contributed by atoms with Crippen molar-refractivity contribution >= 4 is 31.3 Å². The highest BCUT2D eigenvalue weighted by atomic mass is 32.2. The predicted octanol–water partition coefficient (Wildman–Crippen LogP) is 4.49. The van der Waals surface area contributed by atoms with Gasteiger partial charge in [0.1, 0.15) is 0 Å². The van der Waals surface area contributed by atoms with Crippen LogP contribution in [-0.2, 0) is 22.6 Å². The molecular formula is C20H23N3OS2. The van der Waals surface area contributed by atoms with Gasteiger partial charge < -0.3 is 0 Å². The Labute approximate surface area is 158 Å². The van der Waals surface area contributed by atoms with E-state index < -0.39 is 9.73 Å². The Morgan fingerprint density at radius 3 is 2.69 bits per heavy atom. The summed E-state index contributed by atoms with van der Waals surface area (Å²) < 4.78 is 21.1. The summed E-state index contributed by atoms with van der Waals surface area (Å²) in [5, 5.41) is 0. The molecule has 2 heterocycles. The molecule has 2 aromatic carbocycles. The number of aromatic nitrogens is 1. The molecule has 26 heavy (non-hydrogen) atoms. The zero-order chi connectivity index (χ0) is 18.3. The molecule has 0 aliphatic carbocycles. The zero-order valence-electron chi connectivity index (χ0n) is 15.1. The molecule has 0 fully saturated rings. The largest absolute Gasteiger partial charge is 0.296 e. The maximum absolute atomic E-state index is 12.1. The van der Waals surface area contributed by atoms with E-state index in [1.54, 1.807) is 11.3 Å². The van der Waals surface area contributed by atoms with Crippen LogP contribution in [0.25, 0.3) is 10.2 Å². The molecule has 1 aliphatic heterocycles. The molecule has 6 heteroatoms. The molecular weight excluding hydrogens is 362 g/mol. The monoisotopic (exact) mass is 385 g/mol. The topological polar surface area (TPSA) is 57.1 Å². The second-order valence-corrected chi connectivity index (χ2v) is 10.1. The van der Waals surface area contributed by atoms with Crippen LogP contribution in [0.15, 0.2) is 46.8 Å². The lowest BCUT2D eigenvalue weighted by atomic mass is 10.0. The first-order chi connectivity index (χ1) is 12.4. The minimum absolute atomic E-state index is 0.335. The second-order valence-electron chi connectivity index (χ2n) is 7.07. The number of rotatable bonds is 3. The van der Waals surface area contributed by atoms with Gasteiger partial charge in [-0.2, -0.15) is 0 Å². The fraction of sp³-hybridized carbons (Fsp3) is 0.350. The van der Waals surface area contributed by atoms with Crippen LogP contribution < -0.4 is 0 Å². The first-order valence-corrected chi connectivity index (χ1v) is 11.7. The summed E-state index contributed by atoms with van der Waals surface area (Å²) in [6, 6.07) is 12.8. The van der Waals surface area contributed by atoms with E-state index in [0.717, 1.165) is 31.4 Å². The molecule has 0 spiro atoms. The summed E-state index contributed by atoms with van der Waals surface area (Å²) >= 11 is 1.68. The van der Waals surface area contributed by atoms with E-state index in [2.05, 4.69) is 41.1 Å². The zero-order valence-corrected chi connectivity index (χ0v) is 16.7. The summed E-state index contributed by atoms with van der Waals surface area (Å²) in [4.78, 5) is 7.60. The van der Waals surface area contributed by atoms with Crippen molar-refractivity contribution < 1.29 is 4.21 Å². The summed E-state index contributed by atoms with van der Waals surface area (Å²) in [5.41, 5.74) is 6.85. The summed E-state index contributed by atoms with van der Waals surface area (Å²) in [6.45, 7) is 4.23. The van der Waals surface area contributed by atoms with Gasteiger partial charge in [0, 0.05) is 30.3 Å². The molecule has 2 atom stereocenters. The fourth-order valence-electron chi connectivity index (χ4n) is 3.69. The first kappa shape index (κ1) is 17.6. The van der Waals surface area contributed by atoms with Crippen LogP contribution in [0.4, 0.5) is 0 Å². The number of hydrogen-bond donors (Lipinski definition) is 1. The number of thiazole rings is 1. The summed E-state index contributed by atoms with van der Waals surface area (Å²) in [5.74, 6) is 0. The molecule has 0 radical (unpaired) electrons.